The smallest absolute Gasteiger partial charge is 0.319 e. The van der Waals surface area contributed by atoms with Crippen LogP contribution in [0.5, 0.6) is 5.75 Å². The van der Waals surface area contributed by atoms with Gasteiger partial charge in [0.25, 0.3) is 0 Å². The Labute approximate surface area is 139 Å². The normalized spacial score (nSPS) is 10.4. The Hall–Kier alpha value is -1.75. The van der Waals surface area contributed by atoms with Gasteiger partial charge >= 0.3 is 6.03 Å². The van der Waals surface area contributed by atoms with Crippen LogP contribution in [0.4, 0.5) is 10.5 Å². The molecule has 0 bridgehead atoms. The fraction of sp³-hybridized carbons (Fsp3) is 0.611. The van der Waals surface area contributed by atoms with E-state index in [1.807, 2.05) is 25.1 Å². The number of rotatable bonds is 11. The highest BCUT2D eigenvalue weighted by molar-refractivity contribution is 5.90. The fourth-order valence-electron chi connectivity index (χ4n) is 1.96. The lowest BCUT2D eigenvalue weighted by molar-refractivity contribution is 0.129. The van der Waals surface area contributed by atoms with Gasteiger partial charge in [-0.1, -0.05) is 26.3 Å². The fourth-order valence-corrected chi connectivity index (χ4v) is 1.96. The van der Waals surface area contributed by atoms with Crippen molar-refractivity contribution in [1.82, 2.24) is 5.32 Å². The van der Waals surface area contributed by atoms with E-state index < -0.39 is 0 Å². The lowest BCUT2D eigenvalue weighted by atomic mass is 10.2. The Morgan fingerprint density at radius 2 is 1.87 bits per heavy atom. The maximum Gasteiger partial charge on any atom is 0.319 e. The number of urea groups is 1. The molecule has 0 spiro atoms. The van der Waals surface area contributed by atoms with E-state index in [2.05, 4.69) is 24.5 Å². The summed E-state index contributed by atoms with van der Waals surface area (Å²) < 4.78 is 11.1. The van der Waals surface area contributed by atoms with Crippen LogP contribution >= 0.6 is 0 Å². The molecule has 0 saturated carbocycles. The van der Waals surface area contributed by atoms with Crippen molar-refractivity contribution in [3.8, 4) is 5.75 Å². The lowest BCUT2D eigenvalue weighted by Gasteiger charge is -2.13. The van der Waals surface area contributed by atoms with Gasteiger partial charge in [0.05, 0.1) is 12.3 Å². The molecule has 0 radical (unpaired) electrons. The molecule has 0 heterocycles. The van der Waals surface area contributed by atoms with E-state index in [0.717, 1.165) is 37.9 Å². The average Bonchev–Trinajstić information content (AvgIpc) is 2.54. The van der Waals surface area contributed by atoms with E-state index in [-0.39, 0.29) is 6.03 Å². The van der Waals surface area contributed by atoms with Crippen LogP contribution in [0.15, 0.2) is 18.2 Å². The first kappa shape index (κ1) is 19.3. The Balaban J connectivity index is 2.33. The number of benzene rings is 1. The summed E-state index contributed by atoms with van der Waals surface area (Å²) in [5.74, 6) is 0.713. The summed E-state index contributed by atoms with van der Waals surface area (Å²) in [6.45, 7) is 8.89. The molecule has 2 amide bonds. The molecule has 1 aromatic carbocycles. The molecule has 23 heavy (non-hydrogen) atoms. The highest BCUT2D eigenvalue weighted by atomic mass is 16.5. The van der Waals surface area contributed by atoms with Crippen LogP contribution in [0, 0.1) is 6.92 Å². The lowest BCUT2D eigenvalue weighted by Crippen LogP contribution is -2.30. The third-order valence-corrected chi connectivity index (χ3v) is 3.24. The molecular weight excluding hydrogens is 292 g/mol. The van der Waals surface area contributed by atoms with Gasteiger partial charge in [0, 0.05) is 19.8 Å². The third-order valence-electron chi connectivity index (χ3n) is 3.24. The zero-order chi connectivity index (χ0) is 16.9. The summed E-state index contributed by atoms with van der Waals surface area (Å²) in [4.78, 5) is 11.9. The number of carbonyl (C=O) groups excluding carboxylic acids is 1. The molecule has 1 rings (SSSR count). The van der Waals surface area contributed by atoms with Crippen molar-refractivity contribution in [2.45, 2.75) is 46.5 Å². The molecule has 0 saturated heterocycles. The van der Waals surface area contributed by atoms with Gasteiger partial charge in [-0.3, -0.25) is 0 Å². The minimum absolute atomic E-state index is 0.219. The summed E-state index contributed by atoms with van der Waals surface area (Å²) in [6.07, 6.45) is 3.96. The second-order valence-electron chi connectivity index (χ2n) is 5.55. The van der Waals surface area contributed by atoms with Crippen LogP contribution in [0.25, 0.3) is 0 Å². The average molecular weight is 322 g/mol. The van der Waals surface area contributed by atoms with E-state index in [9.17, 15) is 4.79 Å². The minimum Gasteiger partial charge on any atom is -0.491 e. The zero-order valence-electron chi connectivity index (χ0n) is 14.6. The van der Waals surface area contributed by atoms with Crippen molar-refractivity contribution < 1.29 is 14.3 Å². The van der Waals surface area contributed by atoms with Crippen molar-refractivity contribution in [3.63, 3.8) is 0 Å². The van der Waals surface area contributed by atoms with Crippen molar-refractivity contribution >= 4 is 11.7 Å². The number of carbonyl (C=O) groups is 1. The second kappa shape index (κ2) is 11.8. The number of nitrogens with one attached hydrogen (secondary N) is 2. The molecule has 0 atom stereocenters. The van der Waals surface area contributed by atoms with Gasteiger partial charge in [-0.05, 0) is 43.9 Å². The van der Waals surface area contributed by atoms with Crippen LogP contribution in [0.1, 0.15) is 45.1 Å². The predicted octanol–water partition coefficient (Wildman–Crippen LogP) is 4.11. The van der Waals surface area contributed by atoms with E-state index in [1.165, 1.54) is 0 Å². The number of hydrogen-bond acceptors (Lipinski definition) is 3. The first-order valence-electron chi connectivity index (χ1n) is 8.53. The van der Waals surface area contributed by atoms with E-state index in [0.29, 0.717) is 31.2 Å². The topological polar surface area (TPSA) is 59.6 Å². The Morgan fingerprint density at radius 3 is 2.61 bits per heavy atom. The van der Waals surface area contributed by atoms with Crippen LogP contribution in [-0.4, -0.2) is 32.4 Å². The molecule has 0 aliphatic carbocycles. The number of hydrogen-bond donors (Lipinski definition) is 2. The molecule has 5 heteroatoms. The number of amides is 2. The highest BCUT2D eigenvalue weighted by Gasteiger charge is 2.07. The summed E-state index contributed by atoms with van der Waals surface area (Å²) in [5.41, 5.74) is 1.80. The molecule has 0 aliphatic rings. The molecule has 0 fully saturated rings. The van der Waals surface area contributed by atoms with E-state index in [4.69, 9.17) is 9.47 Å². The van der Waals surface area contributed by atoms with Crippen molar-refractivity contribution in [2.75, 3.05) is 31.7 Å². The summed E-state index contributed by atoms with van der Waals surface area (Å²) in [7, 11) is 0. The number of anilines is 1. The summed E-state index contributed by atoms with van der Waals surface area (Å²) >= 11 is 0. The van der Waals surface area contributed by atoms with Crippen LogP contribution in [0.2, 0.25) is 0 Å². The van der Waals surface area contributed by atoms with Gasteiger partial charge < -0.3 is 20.1 Å². The summed E-state index contributed by atoms with van der Waals surface area (Å²) in [6, 6.07) is 5.54. The van der Waals surface area contributed by atoms with Gasteiger partial charge in [-0.2, -0.15) is 0 Å². The Kier molecular flexibility index (Phi) is 9.87. The van der Waals surface area contributed by atoms with Gasteiger partial charge in [-0.15, -0.1) is 0 Å². The number of unbranched alkanes of at least 4 members (excludes halogenated alkanes) is 1. The van der Waals surface area contributed by atoms with Crippen LogP contribution in [0.3, 0.4) is 0 Å². The zero-order valence-corrected chi connectivity index (χ0v) is 14.6. The molecule has 2 N–H and O–H groups in total. The molecule has 0 aliphatic heterocycles. The number of ether oxygens (including phenoxy) is 2. The number of aryl methyl sites for hydroxylation is 1. The third kappa shape index (κ3) is 8.45. The standard InChI is InChI=1S/C18H30N2O3/c1-4-6-12-22-13-7-10-19-18(21)20-16-9-8-15(3)14-17(16)23-11-5-2/h8-9,14H,4-7,10-13H2,1-3H3,(H2,19,20,21). The molecule has 0 aromatic heterocycles. The van der Waals surface area contributed by atoms with E-state index >= 15 is 0 Å². The largest absolute Gasteiger partial charge is 0.491 e. The van der Waals surface area contributed by atoms with Gasteiger partial charge in [0.2, 0.25) is 0 Å². The first-order valence-corrected chi connectivity index (χ1v) is 8.53. The molecule has 130 valence electrons. The molecular formula is C18H30N2O3. The summed E-state index contributed by atoms with van der Waals surface area (Å²) in [5, 5.41) is 5.68. The monoisotopic (exact) mass is 322 g/mol. The van der Waals surface area contributed by atoms with E-state index in [1.54, 1.807) is 0 Å². The minimum atomic E-state index is -0.219. The maximum atomic E-state index is 11.9. The van der Waals surface area contributed by atoms with Crippen molar-refractivity contribution in [3.05, 3.63) is 23.8 Å². The first-order chi connectivity index (χ1) is 11.2. The molecule has 5 nitrogen and oxygen atoms in total. The van der Waals surface area contributed by atoms with Crippen molar-refractivity contribution in [2.24, 2.45) is 0 Å². The maximum absolute atomic E-state index is 11.9. The van der Waals surface area contributed by atoms with Crippen LogP contribution < -0.4 is 15.4 Å². The molecule has 1 aromatic rings. The Morgan fingerprint density at radius 1 is 1.09 bits per heavy atom. The van der Waals surface area contributed by atoms with Gasteiger partial charge in [0.1, 0.15) is 5.75 Å². The van der Waals surface area contributed by atoms with Crippen molar-refractivity contribution in [1.29, 1.82) is 0 Å². The Bertz CT molecular complexity index is 464. The van der Waals surface area contributed by atoms with Crippen LogP contribution in [-0.2, 0) is 4.74 Å². The molecule has 0 unspecified atom stereocenters. The predicted molar refractivity (Wildman–Crippen MR) is 94.3 cm³/mol. The highest BCUT2D eigenvalue weighted by Crippen LogP contribution is 2.25. The SMILES string of the molecule is CCCCOCCCNC(=O)Nc1ccc(C)cc1OCCC. The van der Waals surface area contributed by atoms with Gasteiger partial charge in [-0.25, -0.2) is 4.79 Å². The quantitative estimate of drug-likeness (QED) is 0.603. The second-order valence-corrected chi connectivity index (χ2v) is 5.55. The van der Waals surface area contributed by atoms with Gasteiger partial charge in [0.15, 0.2) is 0 Å².